The number of carboxylic acids is 1. The van der Waals surface area contributed by atoms with Crippen LogP contribution < -0.4 is 0 Å². The maximum absolute atomic E-state index is 12.4. The summed E-state index contributed by atoms with van der Waals surface area (Å²) in [6.45, 7) is 0. The third-order valence-electron chi connectivity index (χ3n) is 1.71. The second kappa shape index (κ2) is 4.44. The average molecular weight is 276 g/mol. The van der Waals surface area contributed by atoms with Crippen molar-refractivity contribution in [3.63, 3.8) is 0 Å². The molecule has 0 fully saturated rings. The maximum Gasteiger partial charge on any atom is 0.433 e. The lowest BCUT2D eigenvalue weighted by Gasteiger charge is -2.13. The molecule has 0 bridgehead atoms. The number of alkyl halides is 5. The fraction of sp³-hybridized carbons (Fsp3) is 0.250. The Balaban J connectivity index is 3.57. The Morgan fingerprint density at radius 3 is 2.29 bits per heavy atom. The van der Waals surface area contributed by atoms with Crippen LogP contribution in [-0.4, -0.2) is 16.1 Å². The van der Waals surface area contributed by atoms with Gasteiger partial charge in [0.05, 0.1) is 10.6 Å². The van der Waals surface area contributed by atoms with Crippen molar-refractivity contribution in [2.24, 2.45) is 0 Å². The SMILES string of the molecule is O=C(O)c1cc(Cl)c(C(F)F)c(C(F)(F)F)n1. The van der Waals surface area contributed by atoms with Crippen molar-refractivity contribution in [2.75, 3.05) is 0 Å². The van der Waals surface area contributed by atoms with Crippen LogP contribution in [0.5, 0.6) is 0 Å². The second-order valence-corrected chi connectivity index (χ2v) is 3.26. The van der Waals surface area contributed by atoms with Gasteiger partial charge in [-0.1, -0.05) is 11.6 Å². The highest BCUT2D eigenvalue weighted by atomic mass is 35.5. The van der Waals surface area contributed by atoms with Gasteiger partial charge in [0.15, 0.2) is 5.69 Å². The summed E-state index contributed by atoms with van der Waals surface area (Å²) in [5.41, 5.74) is -4.56. The van der Waals surface area contributed by atoms with E-state index in [0.717, 1.165) is 0 Å². The van der Waals surface area contributed by atoms with Gasteiger partial charge < -0.3 is 5.11 Å². The number of nitrogens with zero attached hydrogens (tertiary/aromatic N) is 1. The Morgan fingerprint density at radius 1 is 1.41 bits per heavy atom. The molecular weight excluding hydrogens is 273 g/mol. The number of aromatic carboxylic acids is 1. The summed E-state index contributed by atoms with van der Waals surface area (Å²) in [5, 5.41) is 7.47. The molecule has 0 saturated heterocycles. The number of rotatable bonds is 2. The van der Waals surface area contributed by atoms with E-state index in [1.807, 2.05) is 0 Å². The van der Waals surface area contributed by atoms with E-state index in [0.29, 0.717) is 6.07 Å². The summed E-state index contributed by atoms with van der Waals surface area (Å²) < 4.78 is 61.9. The fourth-order valence-corrected chi connectivity index (χ4v) is 1.33. The third kappa shape index (κ3) is 2.82. The minimum absolute atomic E-state index is 0.445. The molecule has 0 aliphatic rings. The van der Waals surface area contributed by atoms with E-state index in [9.17, 15) is 26.7 Å². The van der Waals surface area contributed by atoms with Crippen LogP contribution in [0.4, 0.5) is 22.0 Å². The lowest BCUT2D eigenvalue weighted by atomic mass is 10.1. The quantitative estimate of drug-likeness (QED) is 0.842. The van der Waals surface area contributed by atoms with E-state index < -0.39 is 40.5 Å². The van der Waals surface area contributed by atoms with Crippen molar-refractivity contribution >= 4 is 17.6 Å². The monoisotopic (exact) mass is 275 g/mol. The van der Waals surface area contributed by atoms with Crippen LogP contribution in [0, 0.1) is 0 Å². The Morgan fingerprint density at radius 2 is 1.94 bits per heavy atom. The van der Waals surface area contributed by atoms with Gasteiger partial charge in [-0.05, 0) is 6.07 Å². The molecule has 0 aliphatic carbocycles. The molecule has 1 N–H and O–H groups in total. The highest BCUT2D eigenvalue weighted by Crippen LogP contribution is 2.38. The highest BCUT2D eigenvalue weighted by Gasteiger charge is 2.40. The largest absolute Gasteiger partial charge is 0.477 e. The number of carbonyl (C=O) groups is 1. The third-order valence-corrected chi connectivity index (χ3v) is 2.03. The van der Waals surface area contributed by atoms with Gasteiger partial charge in [0.1, 0.15) is 5.69 Å². The van der Waals surface area contributed by atoms with Crippen molar-refractivity contribution < 1.29 is 31.9 Å². The van der Waals surface area contributed by atoms with E-state index in [1.165, 1.54) is 0 Å². The predicted molar refractivity (Wildman–Crippen MR) is 46.2 cm³/mol. The molecule has 0 atom stereocenters. The molecule has 0 aliphatic heterocycles. The molecule has 1 aromatic rings. The predicted octanol–water partition coefficient (Wildman–Crippen LogP) is 3.39. The molecule has 0 amide bonds. The summed E-state index contributed by atoms with van der Waals surface area (Å²) in [5.74, 6) is -1.79. The number of hydrogen-bond acceptors (Lipinski definition) is 2. The standard InChI is InChI=1S/C8H3ClF5NO2/c9-2-1-3(7(16)17)15-5(8(12,13)14)4(2)6(10)11/h1,6H,(H,16,17). The molecule has 1 aromatic heterocycles. The van der Waals surface area contributed by atoms with Crippen LogP contribution in [0.15, 0.2) is 6.07 Å². The van der Waals surface area contributed by atoms with Crippen molar-refractivity contribution in [1.82, 2.24) is 4.98 Å². The summed E-state index contributed by atoms with van der Waals surface area (Å²) in [6, 6.07) is 0.445. The molecule has 0 aromatic carbocycles. The minimum Gasteiger partial charge on any atom is -0.477 e. The summed E-state index contributed by atoms with van der Waals surface area (Å²) in [7, 11) is 0. The van der Waals surface area contributed by atoms with E-state index in [-0.39, 0.29) is 0 Å². The van der Waals surface area contributed by atoms with Crippen LogP contribution in [-0.2, 0) is 6.18 Å². The van der Waals surface area contributed by atoms with Gasteiger partial charge in [-0.3, -0.25) is 0 Å². The van der Waals surface area contributed by atoms with Crippen molar-refractivity contribution in [3.05, 3.63) is 28.0 Å². The van der Waals surface area contributed by atoms with Crippen LogP contribution in [0.1, 0.15) is 28.2 Å². The number of carboxylic acid groups (broad SMARTS) is 1. The van der Waals surface area contributed by atoms with Gasteiger partial charge in [-0.2, -0.15) is 13.2 Å². The molecule has 17 heavy (non-hydrogen) atoms. The molecular formula is C8H3ClF5NO2. The van der Waals surface area contributed by atoms with E-state index in [4.69, 9.17) is 16.7 Å². The molecule has 0 saturated carbocycles. The fourth-order valence-electron chi connectivity index (χ4n) is 1.06. The van der Waals surface area contributed by atoms with Gasteiger partial charge in [-0.25, -0.2) is 18.6 Å². The van der Waals surface area contributed by atoms with E-state index in [2.05, 4.69) is 4.98 Å². The molecule has 94 valence electrons. The Labute approximate surface area is 95.8 Å². The van der Waals surface area contributed by atoms with Gasteiger partial charge in [0, 0.05) is 0 Å². The zero-order chi connectivity index (χ0) is 13.4. The first-order valence-electron chi connectivity index (χ1n) is 3.93. The van der Waals surface area contributed by atoms with Crippen LogP contribution in [0.25, 0.3) is 0 Å². The first-order valence-corrected chi connectivity index (χ1v) is 4.31. The van der Waals surface area contributed by atoms with Gasteiger partial charge in [-0.15, -0.1) is 0 Å². The summed E-state index contributed by atoms with van der Waals surface area (Å²) in [6.07, 6.45) is -8.71. The molecule has 0 unspecified atom stereocenters. The molecule has 0 spiro atoms. The zero-order valence-electron chi connectivity index (χ0n) is 7.73. The zero-order valence-corrected chi connectivity index (χ0v) is 8.48. The molecule has 3 nitrogen and oxygen atoms in total. The smallest absolute Gasteiger partial charge is 0.433 e. The van der Waals surface area contributed by atoms with Crippen LogP contribution in [0.2, 0.25) is 5.02 Å². The van der Waals surface area contributed by atoms with E-state index in [1.54, 1.807) is 0 Å². The molecule has 1 heterocycles. The topological polar surface area (TPSA) is 50.2 Å². The Bertz CT molecular complexity index is 460. The van der Waals surface area contributed by atoms with Gasteiger partial charge >= 0.3 is 12.1 Å². The highest BCUT2D eigenvalue weighted by molar-refractivity contribution is 6.31. The lowest BCUT2D eigenvalue weighted by molar-refractivity contribution is -0.143. The molecule has 0 radical (unpaired) electrons. The first kappa shape index (κ1) is 13.6. The summed E-state index contributed by atoms with van der Waals surface area (Å²) >= 11 is 5.20. The average Bonchev–Trinajstić information content (AvgIpc) is 2.14. The van der Waals surface area contributed by atoms with Gasteiger partial charge in [0.25, 0.3) is 6.43 Å². The summed E-state index contributed by atoms with van der Waals surface area (Å²) in [4.78, 5) is 13.1. The van der Waals surface area contributed by atoms with Crippen LogP contribution >= 0.6 is 11.6 Å². The van der Waals surface area contributed by atoms with E-state index >= 15 is 0 Å². The molecule has 9 heteroatoms. The lowest BCUT2D eigenvalue weighted by Crippen LogP contribution is -2.16. The van der Waals surface area contributed by atoms with Crippen molar-refractivity contribution in [3.8, 4) is 0 Å². The van der Waals surface area contributed by atoms with Crippen LogP contribution in [0.3, 0.4) is 0 Å². The van der Waals surface area contributed by atoms with Crippen molar-refractivity contribution in [2.45, 2.75) is 12.6 Å². The van der Waals surface area contributed by atoms with Crippen molar-refractivity contribution in [1.29, 1.82) is 0 Å². The Hall–Kier alpha value is -1.44. The number of pyridine rings is 1. The normalized spacial score (nSPS) is 11.9. The number of hydrogen-bond donors (Lipinski definition) is 1. The Kier molecular flexibility index (Phi) is 3.56. The van der Waals surface area contributed by atoms with Gasteiger partial charge in [0.2, 0.25) is 0 Å². The maximum atomic E-state index is 12.4. The number of halogens is 6. The minimum atomic E-state index is -5.21. The number of aromatic nitrogens is 1. The second-order valence-electron chi connectivity index (χ2n) is 2.86. The first-order chi connectivity index (χ1) is 7.64. The molecule has 1 rings (SSSR count).